The van der Waals surface area contributed by atoms with Crippen LogP contribution < -0.4 is 0 Å². The molecule has 0 saturated carbocycles. The third-order valence-corrected chi connectivity index (χ3v) is 4.24. The van der Waals surface area contributed by atoms with Crippen LogP contribution in [0.1, 0.15) is 16.7 Å². The van der Waals surface area contributed by atoms with E-state index in [1.165, 1.54) is 21.6 Å². The van der Waals surface area contributed by atoms with E-state index in [4.69, 9.17) is 12.2 Å². The number of hydrogen-bond donors (Lipinski definition) is 0. The quantitative estimate of drug-likeness (QED) is 0.568. The molecular formula is C17H18S2. The van der Waals surface area contributed by atoms with Crippen LogP contribution in [0.3, 0.4) is 0 Å². The second-order valence-electron chi connectivity index (χ2n) is 4.67. The van der Waals surface area contributed by atoms with Crippen LogP contribution >= 0.6 is 24.0 Å². The Kier molecular flexibility index (Phi) is 5.17. The minimum atomic E-state index is 0.887. The van der Waals surface area contributed by atoms with Crippen LogP contribution in [0.2, 0.25) is 0 Å². The molecule has 0 heterocycles. The lowest BCUT2D eigenvalue weighted by molar-refractivity contribution is 1.21. The zero-order valence-corrected chi connectivity index (χ0v) is 13.0. The first-order valence-corrected chi connectivity index (χ1v) is 8.01. The second-order valence-corrected chi connectivity index (χ2v) is 6.12. The molecule has 0 aromatic heterocycles. The maximum absolute atomic E-state index is 5.53. The molecule has 0 amide bonds. The Morgan fingerprint density at radius 1 is 1.00 bits per heavy atom. The Bertz CT molecular complexity index is 556. The molecule has 2 heteroatoms. The van der Waals surface area contributed by atoms with Crippen molar-refractivity contribution in [2.24, 2.45) is 0 Å². The highest BCUT2D eigenvalue weighted by Gasteiger charge is 2.03. The fourth-order valence-corrected chi connectivity index (χ4v) is 2.78. The summed E-state index contributed by atoms with van der Waals surface area (Å²) in [5.41, 5.74) is 3.96. The molecule has 0 unspecified atom stereocenters. The van der Waals surface area contributed by atoms with Gasteiger partial charge in [-0.2, -0.15) is 0 Å². The smallest absolute Gasteiger partial charge is 0.00693 e. The fourth-order valence-electron chi connectivity index (χ4n) is 2.05. The van der Waals surface area contributed by atoms with E-state index in [0.717, 1.165) is 17.7 Å². The molecule has 0 saturated heterocycles. The molecule has 0 N–H and O–H groups in total. The lowest BCUT2D eigenvalue weighted by Crippen LogP contribution is -2.05. The molecule has 2 rings (SSSR count). The van der Waals surface area contributed by atoms with Crippen molar-refractivity contribution in [2.75, 3.05) is 6.26 Å². The summed E-state index contributed by atoms with van der Waals surface area (Å²) in [6, 6.07) is 17.1. The van der Waals surface area contributed by atoms with E-state index < -0.39 is 0 Å². The van der Waals surface area contributed by atoms with Crippen molar-refractivity contribution >= 4 is 28.8 Å². The Hall–Kier alpha value is -1.12. The average molecular weight is 286 g/mol. The summed E-state index contributed by atoms with van der Waals surface area (Å²) >= 11 is 7.30. The van der Waals surface area contributed by atoms with Gasteiger partial charge in [-0.1, -0.05) is 48.6 Å². The number of benzene rings is 2. The molecule has 0 fully saturated rings. The van der Waals surface area contributed by atoms with Crippen molar-refractivity contribution in [1.29, 1.82) is 0 Å². The van der Waals surface area contributed by atoms with Crippen molar-refractivity contribution in [3.05, 3.63) is 65.2 Å². The summed E-state index contributed by atoms with van der Waals surface area (Å²) in [5, 5.41) is 0. The lowest BCUT2D eigenvalue weighted by Gasteiger charge is -2.07. The van der Waals surface area contributed by atoms with Crippen LogP contribution in [-0.2, 0) is 12.8 Å². The van der Waals surface area contributed by atoms with Gasteiger partial charge in [0.2, 0.25) is 0 Å². The predicted octanol–water partition coefficient (Wildman–Crippen LogP) is 4.87. The highest BCUT2D eigenvalue weighted by Crippen LogP contribution is 2.16. The van der Waals surface area contributed by atoms with Crippen LogP contribution in [0.4, 0.5) is 0 Å². The van der Waals surface area contributed by atoms with E-state index in [2.05, 4.69) is 61.7 Å². The molecule has 0 radical (unpaired) electrons. The number of aryl methyl sites for hydroxylation is 1. The van der Waals surface area contributed by atoms with Gasteiger partial charge in [-0.3, -0.25) is 0 Å². The minimum Gasteiger partial charge on any atom is -0.130 e. The Labute approximate surface area is 125 Å². The van der Waals surface area contributed by atoms with Gasteiger partial charge in [-0.15, -0.1) is 11.8 Å². The summed E-state index contributed by atoms with van der Waals surface area (Å²) in [7, 11) is 0. The topological polar surface area (TPSA) is 0 Å². The van der Waals surface area contributed by atoms with Crippen LogP contribution in [0.15, 0.2) is 53.4 Å². The summed E-state index contributed by atoms with van der Waals surface area (Å²) in [4.78, 5) is 2.40. The second kappa shape index (κ2) is 6.88. The van der Waals surface area contributed by atoms with E-state index in [-0.39, 0.29) is 0 Å². The molecule has 0 aliphatic heterocycles. The standard InChI is InChI=1S/C17H18S2/c1-13-5-3-4-6-15(13)12-16(18)11-14-7-9-17(19-2)10-8-14/h3-10H,11-12H2,1-2H3. The largest absolute Gasteiger partial charge is 0.130 e. The van der Waals surface area contributed by atoms with Crippen LogP contribution in [-0.4, -0.2) is 11.1 Å². The van der Waals surface area contributed by atoms with Crippen molar-refractivity contribution < 1.29 is 0 Å². The first kappa shape index (κ1) is 14.3. The first-order chi connectivity index (χ1) is 9.19. The third kappa shape index (κ3) is 4.19. The van der Waals surface area contributed by atoms with Gasteiger partial charge < -0.3 is 0 Å². The average Bonchev–Trinajstić information content (AvgIpc) is 2.42. The van der Waals surface area contributed by atoms with Gasteiger partial charge in [0.1, 0.15) is 0 Å². The molecule has 98 valence electrons. The minimum absolute atomic E-state index is 0.887. The molecule has 0 bridgehead atoms. The van der Waals surface area contributed by atoms with E-state index in [0.29, 0.717) is 0 Å². The van der Waals surface area contributed by atoms with Crippen molar-refractivity contribution in [1.82, 2.24) is 0 Å². The van der Waals surface area contributed by atoms with E-state index >= 15 is 0 Å². The maximum Gasteiger partial charge on any atom is 0.00693 e. The van der Waals surface area contributed by atoms with Gasteiger partial charge in [-0.25, -0.2) is 0 Å². The zero-order valence-electron chi connectivity index (χ0n) is 11.3. The van der Waals surface area contributed by atoms with Crippen molar-refractivity contribution in [2.45, 2.75) is 24.7 Å². The molecule has 0 aliphatic rings. The van der Waals surface area contributed by atoms with E-state index in [1.807, 2.05) is 0 Å². The normalized spacial score (nSPS) is 10.4. The van der Waals surface area contributed by atoms with Crippen LogP contribution in [0, 0.1) is 6.92 Å². The third-order valence-electron chi connectivity index (χ3n) is 3.21. The molecule has 2 aromatic rings. The molecule has 0 nitrogen and oxygen atoms in total. The SMILES string of the molecule is CSc1ccc(CC(=S)Cc2ccccc2C)cc1. The number of thioether (sulfide) groups is 1. The first-order valence-electron chi connectivity index (χ1n) is 6.38. The highest BCUT2D eigenvalue weighted by molar-refractivity contribution is 7.98. The maximum atomic E-state index is 5.53. The lowest BCUT2D eigenvalue weighted by atomic mass is 10.0. The molecular weight excluding hydrogens is 268 g/mol. The molecule has 0 aliphatic carbocycles. The number of rotatable bonds is 5. The van der Waals surface area contributed by atoms with Gasteiger partial charge in [0, 0.05) is 22.6 Å². The summed E-state index contributed by atoms with van der Waals surface area (Å²) in [6.07, 6.45) is 3.88. The van der Waals surface area contributed by atoms with E-state index in [9.17, 15) is 0 Å². The summed E-state index contributed by atoms with van der Waals surface area (Å²) < 4.78 is 0. The summed E-state index contributed by atoms with van der Waals surface area (Å²) in [6.45, 7) is 2.14. The number of thiocarbonyl (C=S) groups is 1. The monoisotopic (exact) mass is 286 g/mol. The Morgan fingerprint density at radius 2 is 1.68 bits per heavy atom. The van der Waals surface area contributed by atoms with Crippen molar-refractivity contribution in [3.63, 3.8) is 0 Å². The molecule has 2 aromatic carbocycles. The number of hydrogen-bond acceptors (Lipinski definition) is 2. The summed E-state index contributed by atoms with van der Waals surface area (Å²) in [5.74, 6) is 0. The fraction of sp³-hybridized carbons (Fsp3) is 0.235. The predicted molar refractivity (Wildman–Crippen MR) is 89.4 cm³/mol. The van der Waals surface area contributed by atoms with Gasteiger partial charge in [0.15, 0.2) is 0 Å². The molecule has 0 atom stereocenters. The Balaban J connectivity index is 1.99. The van der Waals surface area contributed by atoms with Gasteiger partial charge in [0.25, 0.3) is 0 Å². The van der Waals surface area contributed by atoms with Crippen LogP contribution in [0.5, 0.6) is 0 Å². The van der Waals surface area contributed by atoms with Gasteiger partial charge in [0.05, 0.1) is 0 Å². The van der Waals surface area contributed by atoms with E-state index in [1.54, 1.807) is 11.8 Å². The molecule has 19 heavy (non-hydrogen) atoms. The van der Waals surface area contributed by atoms with Crippen LogP contribution in [0.25, 0.3) is 0 Å². The zero-order chi connectivity index (χ0) is 13.7. The highest BCUT2D eigenvalue weighted by atomic mass is 32.2. The van der Waals surface area contributed by atoms with Gasteiger partial charge >= 0.3 is 0 Å². The molecule has 0 spiro atoms. The van der Waals surface area contributed by atoms with Gasteiger partial charge in [-0.05, 0) is 42.0 Å². The Morgan fingerprint density at radius 3 is 2.32 bits per heavy atom. The van der Waals surface area contributed by atoms with Crippen molar-refractivity contribution in [3.8, 4) is 0 Å².